The van der Waals surface area contributed by atoms with Crippen LogP contribution in [0.25, 0.3) is 0 Å². The summed E-state index contributed by atoms with van der Waals surface area (Å²) in [5, 5.41) is 14.0. The maximum atomic E-state index is 12.2. The average Bonchev–Trinajstić information content (AvgIpc) is 2.43. The Balaban J connectivity index is 4.71. The van der Waals surface area contributed by atoms with Crippen LogP contribution in [0.3, 0.4) is 0 Å². The molecule has 0 saturated heterocycles. The molecule has 0 rings (SSSR count). The summed E-state index contributed by atoms with van der Waals surface area (Å²) in [6, 6.07) is -1.98. The van der Waals surface area contributed by atoms with Crippen LogP contribution in [0.1, 0.15) is 27.7 Å². The van der Waals surface area contributed by atoms with Gasteiger partial charge in [0, 0.05) is 0 Å². The second-order valence-electron chi connectivity index (χ2n) is 6.08. The molecule has 0 spiro atoms. The van der Waals surface area contributed by atoms with Crippen LogP contribution in [0.2, 0.25) is 0 Å². The second kappa shape index (κ2) is 9.26. The zero-order valence-electron chi connectivity index (χ0n) is 14.1. The molecule has 0 aliphatic carbocycles. The molecule has 2 amide bonds. The number of aliphatic carboxylic acids is 1. The van der Waals surface area contributed by atoms with Gasteiger partial charge in [-0.05, 0) is 19.8 Å². The van der Waals surface area contributed by atoms with Crippen LogP contribution in [0.5, 0.6) is 0 Å². The normalized spacial score (nSPS) is 14.0. The monoisotopic (exact) mass is 329 g/mol. The molecule has 132 valence electrons. The molecule has 0 aliphatic heterocycles. The number of ether oxygens (including phenoxy) is 1. The summed E-state index contributed by atoms with van der Waals surface area (Å²) in [5.41, 5.74) is 4.36. The summed E-state index contributed by atoms with van der Waals surface area (Å²) >= 11 is 0. The van der Waals surface area contributed by atoms with Crippen LogP contribution < -0.4 is 16.4 Å². The number of hydrogen-bond donors (Lipinski definition) is 4. The lowest BCUT2D eigenvalue weighted by Crippen LogP contribution is -2.61. The number of hydrogen-bond acceptors (Lipinski definition) is 5. The minimum Gasteiger partial charge on any atom is -0.480 e. The summed E-state index contributed by atoms with van der Waals surface area (Å²) in [6.07, 6.45) is 1.53. The van der Waals surface area contributed by atoms with Gasteiger partial charge in [-0.1, -0.05) is 19.9 Å². The molecule has 0 bridgehead atoms. The predicted molar refractivity (Wildman–Crippen MR) is 85.6 cm³/mol. The zero-order chi connectivity index (χ0) is 18.2. The van der Waals surface area contributed by atoms with Gasteiger partial charge in [-0.15, -0.1) is 6.58 Å². The average molecular weight is 329 g/mol. The first-order valence-corrected chi connectivity index (χ1v) is 7.33. The molecule has 8 heteroatoms. The summed E-state index contributed by atoms with van der Waals surface area (Å²) in [5.74, 6) is -2.60. The highest BCUT2D eigenvalue weighted by Crippen LogP contribution is 2.07. The van der Waals surface area contributed by atoms with E-state index in [1.54, 1.807) is 13.8 Å². The Morgan fingerprint density at radius 1 is 1.35 bits per heavy atom. The summed E-state index contributed by atoms with van der Waals surface area (Å²) in [7, 11) is 0. The van der Waals surface area contributed by atoms with Crippen molar-refractivity contribution < 1.29 is 24.2 Å². The van der Waals surface area contributed by atoms with E-state index < -0.39 is 35.4 Å². The topological polar surface area (TPSA) is 131 Å². The second-order valence-corrected chi connectivity index (χ2v) is 6.08. The predicted octanol–water partition coefficient (Wildman–Crippen LogP) is -0.363. The van der Waals surface area contributed by atoms with Crippen molar-refractivity contribution in [1.29, 1.82) is 0 Å². The van der Waals surface area contributed by atoms with Gasteiger partial charge in [0.1, 0.15) is 17.6 Å². The zero-order valence-corrected chi connectivity index (χ0v) is 14.1. The summed E-state index contributed by atoms with van der Waals surface area (Å²) in [6.45, 7) is 10.0. The molecular formula is C15H27N3O5. The van der Waals surface area contributed by atoms with E-state index in [2.05, 4.69) is 17.2 Å². The van der Waals surface area contributed by atoms with Gasteiger partial charge in [-0.3, -0.25) is 9.59 Å². The molecular weight excluding hydrogens is 302 g/mol. The molecule has 0 aromatic rings. The Bertz CT molecular complexity index is 448. The Hall–Kier alpha value is -1.93. The van der Waals surface area contributed by atoms with Crippen LogP contribution in [0.15, 0.2) is 12.7 Å². The van der Waals surface area contributed by atoms with E-state index >= 15 is 0 Å². The Labute approximate surface area is 136 Å². The van der Waals surface area contributed by atoms with E-state index in [1.165, 1.54) is 19.9 Å². The van der Waals surface area contributed by atoms with Crippen molar-refractivity contribution in [3.8, 4) is 0 Å². The van der Waals surface area contributed by atoms with Crippen molar-refractivity contribution in [3.63, 3.8) is 0 Å². The van der Waals surface area contributed by atoms with Crippen LogP contribution in [-0.2, 0) is 19.1 Å². The van der Waals surface area contributed by atoms with Gasteiger partial charge >= 0.3 is 5.97 Å². The van der Waals surface area contributed by atoms with Crippen LogP contribution in [0, 0.1) is 5.92 Å². The molecule has 0 aromatic heterocycles. The van der Waals surface area contributed by atoms with Crippen molar-refractivity contribution in [3.05, 3.63) is 12.7 Å². The molecule has 5 N–H and O–H groups in total. The van der Waals surface area contributed by atoms with Crippen molar-refractivity contribution >= 4 is 17.8 Å². The molecule has 2 atom stereocenters. The van der Waals surface area contributed by atoms with E-state index in [4.69, 9.17) is 15.6 Å². The van der Waals surface area contributed by atoms with Crippen LogP contribution in [-0.4, -0.2) is 53.7 Å². The Kier molecular flexibility index (Phi) is 8.49. The van der Waals surface area contributed by atoms with Crippen molar-refractivity contribution in [1.82, 2.24) is 10.6 Å². The SMILES string of the molecule is C=CCOC[C@H](N)C(=O)NC(C)(C)C(=O)N[C@H](C(=O)O)C(C)C. The number of carbonyl (C=O) groups is 3. The van der Waals surface area contributed by atoms with Gasteiger partial charge in [0.15, 0.2) is 0 Å². The van der Waals surface area contributed by atoms with Gasteiger partial charge in [-0.2, -0.15) is 0 Å². The van der Waals surface area contributed by atoms with E-state index in [0.717, 1.165) is 0 Å². The lowest BCUT2D eigenvalue weighted by molar-refractivity contribution is -0.144. The first-order chi connectivity index (χ1) is 10.5. The largest absolute Gasteiger partial charge is 0.480 e. The van der Waals surface area contributed by atoms with Crippen LogP contribution >= 0.6 is 0 Å². The third-order valence-corrected chi connectivity index (χ3v) is 3.09. The fraction of sp³-hybridized carbons (Fsp3) is 0.667. The van der Waals surface area contributed by atoms with E-state index in [1.807, 2.05) is 0 Å². The minimum absolute atomic E-state index is 0.0146. The molecule has 0 unspecified atom stereocenters. The minimum atomic E-state index is -1.31. The van der Waals surface area contributed by atoms with Crippen LogP contribution in [0.4, 0.5) is 0 Å². The maximum Gasteiger partial charge on any atom is 0.326 e. The van der Waals surface area contributed by atoms with Gasteiger partial charge in [0.2, 0.25) is 11.8 Å². The van der Waals surface area contributed by atoms with Crippen molar-refractivity contribution in [2.75, 3.05) is 13.2 Å². The highest BCUT2D eigenvalue weighted by Gasteiger charge is 2.34. The lowest BCUT2D eigenvalue weighted by atomic mass is 9.99. The standard InChI is InChI=1S/C15H27N3O5/c1-6-7-23-8-10(16)12(19)18-15(4,5)14(22)17-11(9(2)3)13(20)21/h6,9-11H,1,7-8,16H2,2-5H3,(H,17,22)(H,18,19)(H,20,21)/t10-,11-/m0/s1. The van der Waals surface area contributed by atoms with Gasteiger partial charge in [0.25, 0.3) is 0 Å². The maximum absolute atomic E-state index is 12.2. The molecule has 0 aromatic carbocycles. The number of carbonyl (C=O) groups excluding carboxylic acids is 2. The number of carboxylic acids is 1. The first kappa shape index (κ1) is 21.1. The Morgan fingerprint density at radius 3 is 2.35 bits per heavy atom. The van der Waals surface area contributed by atoms with Gasteiger partial charge in [-0.25, -0.2) is 4.79 Å². The highest BCUT2D eigenvalue weighted by molar-refractivity contribution is 5.94. The Morgan fingerprint density at radius 2 is 1.91 bits per heavy atom. The molecule has 0 heterocycles. The molecule has 0 saturated carbocycles. The van der Waals surface area contributed by atoms with Crippen molar-refractivity contribution in [2.24, 2.45) is 11.7 Å². The molecule has 23 heavy (non-hydrogen) atoms. The van der Waals surface area contributed by atoms with E-state index in [-0.39, 0.29) is 19.1 Å². The molecule has 0 fully saturated rings. The quantitative estimate of drug-likeness (QED) is 0.320. The number of nitrogens with two attached hydrogens (primary N) is 1. The molecule has 0 radical (unpaired) electrons. The third kappa shape index (κ3) is 7.25. The number of amides is 2. The molecule has 8 nitrogen and oxygen atoms in total. The third-order valence-electron chi connectivity index (χ3n) is 3.09. The fourth-order valence-electron chi connectivity index (χ4n) is 1.65. The number of rotatable bonds is 10. The number of nitrogens with one attached hydrogen (secondary N) is 2. The van der Waals surface area contributed by atoms with E-state index in [0.29, 0.717) is 0 Å². The first-order valence-electron chi connectivity index (χ1n) is 7.33. The lowest BCUT2D eigenvalue weighted by Gasteiger charge is -2.29. The molecule has 0 aliphatic rings. The highest BCUT2D eigenvalue weighted by atomic mass is 16.5. The summed E-state index contributed by atoms with van der Waals surface area (Å²) in [4.78, 5) is 35.3. The van der Waals surface area contributed by atoms with Gasteiger partial charge in [0.05, 0.1) is 13.2 Å². The summed E-state index contributed by atoms with van der Waals surface area (Å²) < 4.78 is 5.09. The van der Waals surface area contributed by atoms with E-state index in [9.17, 15) is 14.4 Å². The fourth-order valence-corrected chi connectivity index (χ4v) is 1.65. The number of carboxylic acid groups (broad SMARTS) is 1. The smallest absolute Gasteiger partial charge is 0.326 e. The van der Waals surface area contributed by atoms with Crippen molar-refractivity contribution in [2.45, 2.75) is 45.3 Å². The van der Waals surface area contributed by atoms with Gasteiger partial charge < -0.3 is 26.2 Å².